The molecular weight excluding hydrogens is 482 g/mol. The number of hydrogen-bond donors (Lipinski definition) is 2. The summed E-state index contributed by atoms with van der Waals surface area (Å²) in [4.78, 5) is 4.12. The molecule has 1 aromatic carbocycles. The minimum atomic E-state index is -4.34. The first kappa shape index (κ1) is 24.3. The molecule has 0 saturated carbocycles. The Kier molecular flexibility index (Phi) is 9.25. The monoisotopic (exact) mass is 509 g/mol. The van der Waals surface area contributed by atoms with Gasteiger partial charge in [0.05, 0.1) is 11.3 Å². The van der Waals surface area contributed by atoms with Gasteiger partial charge < -0.3 is 10.6 Å². The van der Waals surface area contributed by atoms with Crippen molar-refractivity contribution in [2.24, 2.45) is 10.9 Å². The van der Waals surface area contributed by atoms with Crippen LogP contribution in [0.3, 0.4) is 0 Å². The number of hydrogen-bond acceptors (Lipinski definition) is 2. The summed E-state index contributed by atoms with van der Waals surface area (Å²) in [5.74, 6) is 0.850. The van der Waals surface area contributed by atoms with Gasteiger partial charge in [-0.15, -0.1) is 24.0 Å². The molecule has 2 aromatic rings. The van der Waals surface area contributed by atoms with Gasteiger partial charge in [0.1, 0.15) is 0 Å². The fourth-order valence-electron chi connectivity index (χ4n) is 2.75. The highest BCUT2D eigenvalue weighted by molar-refractivity contribution is 14.0. The number of guanidine groups is 1. The second-order valence-corrected chi connectivity index (χ2v) is 6.72. The number of aryl methyl sites for hydroxylation is 2. The molecule has 2 N–H and O–H groups in total. The van der Waals surface area contributed by atoms with Gasteiger partial charge in [0, 0.05) is 32.4 Å². The zero-order valence-electron chi connectivity index (χ0n) is 16.5. The van der Waals surface area contributed by atoms with Crippen LogP contribution in [-0.2, 0) is 19.3 Å². The van der Waals surface area contributed by atoms with Crippen LogP contribution >= 0.6 is 24.0 Å². The van der Waals surface area contributed by atoms with Gasteiger partial charge in [-0.25, -0.2) is 0 Å². The lowest BCUT2D eigenvalue weighted by molar-refractivity contribution is -0.137. The predicted octanol–water partition coefficient (Wildman–Crippen LogP) is 4.14. The molecule has 1 unspecified atom stereocenters. The predicted molar refractivity (Wildman–Crippen MR) is 116 cm³/mol. The smallest absolute Gasteiger partial charge is 0.356 e. The fraction of sp³-hybridized carbons (Fsp3) is 0.474. The van der Waals surface area contributed by atoms with E-state index in [9.17, 15) is 13.2 Å². The van der Waals surface area contributed by atoms with E-state index in [-0.39, 0.29) is 30.5 Å². The van der Waals surface area contributed by atoms with Crippen molar-refractivity contribution in [1.82, 2.24) is 20.4 Å². The molecule has 0 aliphatic carbocycles. The van der Waals surface area contributed by atoms with Gasteiger partial charge in [0.15, 0.2) is 5.96 Å². The molecule has 0 aliphatic rings. The number of nitrogens with one attached hydrogen (secondary N) is 2. The Hall–Kier alpha value is -1.78. The van der Waals surface area contributed by atoms with E-state index in [1.807, 2.05) is 24.6 Å². The van der Waals surface area contributed by atoms with Gasteiger partial charge in [-0.05, 0) is 43.5 Å². The van der Waals surface area contributed by atoms with Gasteiger partial charge in [0.25, 0.3) is 0 Å². The molecule has 0 fully saturated rings. The Morgan fingerprint density at radius 2 is 1.93 bits per heavy atom. The van der Waals surface area contributed by atoms with Crippen molar-refractivity contribution in [2.75, 3.05) is 13.6 Å². The van der Waals surface area contributed by atoms with E-state index in [2.05, 4.69) is 27.6 Å². The number of halogens is 4. The quantitative estimate of drug-likeness (QED) is 0.350. The van der Waals surface area contributed by atoms with Crippen LogP contribution in [0.1, 0.15) is 29.4 Å². The Balaban J connectivity index is 0.00000392. The van der Waals surface area contributed by atoms with Crippen LogP contribution in [-0.4, -0.2) is 29.3 Å². The Bertz CT molecular complexity index is 786. The van der Waals surface area contributed by atoms with E-state index in [4.69, 9.17) is 0 Å². The second kappa shape index (κ2) is 10.7. The molecule has 0 radical (unpaired) electrons. The molecule has 9 heteroatoms. The summed E-state index contributed by atoms with van der Waals surface area (Å²) >= 11 is 0. The number of aliphatic imine (C=N–C) groups is 1. The molecule has 0 amide bonds. The van der Waals surface area contributed by atoms with Crippen LogP contribution in [0.5, 0.6) is 0 Å². The first-order valence-corrected chi connectivity index (χ1v) is 8.80. The molecule has 0 saturated heterocycles. The van der Waals surface area contributed by atoms with Gasteiger partial charge in [0.2, 0.25) is 0 Å². The molecule has 2 rings (SSSR count). The SMILES string of the molecule is CN=C(NCc1cccc(C(F)(F)F)c1)NCC(C)Cn1nc(C)cc1C.I. The summed E-state index contributed by atoms with van der Waals surface area (Å²) in [5, 5.41) is 10.7. The average molecular weight is 509 g/mol. The molecule has 1 atom stereocenters. The highest BCUT2D eigenvalue weighted by Gasteiger charge is 2.30. The molecule has 28 heavy (non-hydrogen) atoms. The van der Waals surface area contributed by atoms with E-state index in [0.29, 0.717) is 24.0 Å². The maximum absolute atomic E-state index is 12.8. The molecule has 156 valence electrons. The topological polar surface area (TPSA) is 54.2 Å². The summed E-state index contributed by atoms with van der Waals surface area (Å²) in [5.41, 5.74) is 2.00. The number of aromatic nitrogens is 2. The summed E-state index contributed by atoms with van der Waals surface area (Å²) < 4.78 is 40.3. The summed E-state index contributed by atoms with van der Waals surface area (Å²) in [6.07, 6.45) is -4.34. The number of rotatable bonds is 6. The van der Waals surface area contributed by atoms with Crippen molar-refractivity contribution in [3.8, 4) is 0 Å². The molecule has 0 spiro atoms. The maximum atomic E-state index is 12.8. The van der Waals surface area contributed by atoms with Crippen molar-refractivity contribution in [3.05, 3.63) is 52.8 Å². The Morgan fingerprint density at radius 3 is 2.50 bits per heavy atom. The molecular formula is C19H27F3IN5. The minimum absolute atomic E-state index is 0. The zero-order valence-corrected chi connectivity index (χ0v) is 18.8. The van der Waals surface area contributed by atoms with Crippen LogP contribution in [0.15, 0.2) is 35.3 Å². The molecule has 0 aliphatic heterocycles. The molecule has 0 bridgehead atoms. The third-order valence-electron chi connectivity index (χ3n) is 4.14. The van der Waals surface area contributed by atoms with Gasteiger partial charge in [-0.1, -0.05) is 19.1 Å². The van der Waals surface area contributed by atoms with Crippen LogP contribution in [0.4, 0.5) is 13.2 Å². The standard InChI is InChI=1S/C19H26F3N5.HI/c1-13(12-27-15(3)8-14(2)26-27)10-24-18(23-4)25-11-16-6-5-7-17(9-16)19(20,21)22;/h5-9,13H,10-12H2,1-4H3,(H2,23,24,25);1H. The Labute approximate surface area is 180 Å². The largest absolute Gasteiger partial charge is 0.416 e. The van der Waals surface area contributed by atoms with E-state index >= 15 is 0 Å². The van der Waals surface area contributed by atoms with Crippen LogP contribution in [0, 0.1) is 19.8 Å². The van der Waals surface area contributed by atoms with Gasteiger partial charge in [-0.2, -0.15) is 18.3 Å². The molecule has 5 nitrogen and oxygen atoms in total. The van der Waals surface area contributed by atoms with Crippen molar-refractivity contribution < 1.29 is 13.2 Å². The minimum Gasteiger partial charge on any atom is -0.356 e. The lowest BCUT2D eigenvalue weighted by Crippen LogP contribution is -2.39. The number of nitrogens with zero attached hydrogens (tertiary/aromatic N) is 3. The normalized spacial score (nSPS) is 13.0. The first-order valence-electron chi connectivity index (χ1n) is 8.80. The van der Waals surface area contributed by atoms with Crippen LogP contribution < -0.4 is 10.6 Å². The van der Waals surface area contributed by atoms with Crippen molar-refractivity contribution in [2.45, 2.75) is 40.0 Å². The van der Waals surface area contributed by atoms with E-state index < -0.39 is 11.7 Å². The molecule has 1 heterocycles. The second-order valence-electron chi connectivity index (χ2n) is 6.72. The number of alkyl halides is 3. The third kappa shape index (κ3) is 7.33. The van der Waals surface area contributed by atoms with Crippen molar-refractivity contribution in [1.29, 1.82) is 0 Å². The van der Waals surface area contributed by atoms with Gasteiger partial charge >= 0.3 is 6.18 Å². The molecule has 1 aromatic heterocycles. The van der Waals surface area contributed by atoms with Crippen LogP contribution in [0.25, 0.3) is 0 Å². The van der Waals surface area contributed by atoms with Crippen molar-refractivity contribution >= 4 is 29.9 Å². The van der Waals surface area contributed by atoms with Gasteiger partial charge in [-0.3, -0.25) is 9.67 Å². The highest BCUT2D eigenvalue weighted by Crippen LogP contribution is 2.29. The first-order chi connectivity index (χ1) is 12.7. The van der Waals surface area contributed by atoms with E-state index in [1.54, 1.807) is 13.1 Å². The average Bonchev–Trinajstić information content (AvgIpc) is 2.91. The lowest BCUT2D eigenvalue weighted by atomic mass is 10.1. The van der Waals surface area contributed by atoms with E-state index in [1.165, 1.54) is 6.07 Å². The summed E-state index contributed by atoms with van der Waals surface area (Å²) in [6, 6.07) is 7.31. The Morgan fingerprint density at radius 1 is 1.21 bits per heavy atom. The number of benzene rings is 1. The summed E-state index contributed by atoms with van der Waals surface area (Å²) in [7, 11) is 1.63. The van der Waals surface area contributed by atoms with E-state index in [0.717, 1.165) is 30.1 Å². The fourth-order valence-corrected chi connectivity index (χ4v) is 2.75. The highest BCUT2D eigenvalue weighted by atomic mass is 127. The zero-order chi connectivity index (χ0) is 20.0. The lowest BCUT2D eigenvalue weighted by Gasteiger charge is -2.17. The van der Waals surface area contributed by atoms with Crippen LogP contribution in [0.2, 0.25) is 0 Å². The summed E-state index contributed by atoms with van der Waals surface area (Å²) in [6.45, 7) is 7.79. The van der Waals surface area contributed by atoms with Crippen molar-refractivity contribution in [3.63, 3.8) is 0 Å². The maximum Gasteiger partial charge on any atom is 0.416 e. The third-order valence-corrected chi connectivity index (χ3v) is 4.14.